The van der Waals surface area contributed by atoms with Crippen LogP contribution in [0.25, 0.3) is 11.4 Å². The number of rotatable bonds is 5. The van der Waals surface area contributed by atoms with Crippen molar-refractivity contribution < 1.29 is 9.53 Å². The predicted octanol–water partition coefficient (Wildman–Crippen LogP) is 3.59. The number of fused-ring (bicyclic) bond motifs is 4. The van der Waals surface area contributed by atoms with E-state index in [1.165, 1.54) is 24.1 Å². The molecule has 4 heterocycles. The molecule has 2 aromatic rings. The maximum atomic E-state index is 11.8. The fraction of sp³-hybridized carbons (Fsp3) is 0.560. The zero-order valence-corrected chi connectivity index (χ0v) is 19.8. The summed E-state index contributed by atoms with van der Waals surface area (Å²) in [6.45, 7) is 10.3. The van der Waals surface area contributed by atoms with Gasteiger partial charge in [-0.2, -0.15) is 0 Å². The fourth-order valence-corrected chi connectivity index (χ4v) is 5.60. The zero-order valence-electron chi connectivity index (χ0n) is 19.8. The largest absolute Gasteiger partial charge is 0.377 e. The molecular weight excluding hydrogens is 416 g/mol. The molecule has 2 bridgehead atoms. The second kappa shape index (κ2) is 9.27. The number of morpholine rings is 1. The highest BCUT2D eigenvalue weighted by molar-refractivity contribution is 5.89. The van der Waals surface area contributed by atoms with Gasteiger partial charge in [0, 0.05) is 48.4 Å². The number of nitrogens with one attached hydrogen (secondary N) is 2. The highest BCUT2D eigenvalue weighted by Gasteiger charge is 2.43. The number of hydrogen-bond donors (Lipinski definition) is 2. The van der Waals surface area contributed by atoms with Crippen molar-refractivity contribution in [3.8, 4) is 11.4 Å². The minimum absolute atomic E-state index is 0.199. The van der Waals surface area contributed by atoms with Crippen molar-refractivity contribution in [3.05, 3.63) is 35.5 Å². The molecule has 3 atom stereocenters. The Hall–Kier alpha value is -2.71. The standard InChI is InChI=1S/C25H34N6O2/c1-4-26-25(32)27-18-8-6-17(7-9-18)23-28-20-14-19-10-11-21(30(19)5-2)22(20)24(29-23)31-12-13-33-15-16(31)3/h6-9,16,19,21H,4-5,10-15H2,1-3H3,(H2,26,27,32). The van der Waals surface area contributed by atoms with E-state index < -0.39 is 0 Å². The molecule has 3 aliphatic rings. The first-order valence-corrected chi connectivity index (χ1v) is 12.2. The van der Waals surface area contributed by atoms with Crippen LogP contribution in [0.2, 0.25) is 0 Å². The summed E-state index contributed by atoms with van der Waals surface area (Å²) in [7, 11) is 0. The molecule has 8 nitrogen and oxygen atoms in total. The van der Waals surface area contributed by atoms with Crippen LogP contribution in [0.4, 0.5) is 16.3 Å². The van der Waals surface area contributed by atoms with Crippen LogP contribution >= 0.6 is 0 Å². The van der Waals surface area contributed by atoms with Crippen molar-refractivity contribution in [2.45, 2.75) is 58.2 Å². The van der Waals surface area contributed by atoms with E-state index >= 15 is 0 Å². The van der Waals surface area contributed by atoms with E-state index in [4.69, 9.17) is 14.7 Å². The normalized spacial score (nSPS) is 24.5. The van der Waals surface area contributed by atoms with Crippen molar-refractivity contribution in [1.82, 2.24) is 20.2 Å². The molecule has 0 saturated carbocycles. The maximum Gasteiger partial charge on any atom is 0.319 e. The Kier molecular flexibility index (Phi) is 6.21. The predicted molar refractivity (Wildman–Crippen MR) is 130 cm³/mol. The number of benzene rings is 1. The van der Waals surface area contributed by atoms with Crippen molar-refractivity contribution in [1.29, 1.82) is 0 Å². The van der Waals surface area contributed by atoms with Gasteiger partial charge in [-0.05, 0) is 57.5 Å². The van der Waals surface area contributed by atoms with E-state index in [2.05, 4.69) is 34.3 Å². The molecule has 2 fully saturated rings. The third-order valence-corrected chi connectivity index (χ3v) is 7.15. The summed E-state index contributed by atoms with van der Waals surface area (Å²) < 4.78 is 5.72. The van der Waals surface area contributed by atoms with Gasteiger partial charge < -0.3 is 20.3 Å². The van der Waals surface area contributed by atoms with Gasteiger partial charge in [-0.15, -0.1) is 0 Å². The molecule has 33 heavy (non-hydrogen) atoms. The van der Waals surface area contributed by atoms with Gasteiger partial charge in [0.1, 0.15) is 5.82 Å². The van der Waals surface area contributed by atoms with Gasteiger partial charge >= 0.3 is 6.03 Å². The molecule has 2 saturated heterocycles. The fourth-order valence-electron chi connectivity index (χ4n) is 5.60. The lowest BCUT2D eigenvalue weighted by molar-refractivity contribution is 0.0979. The minimum Gasteiger partial charge on any atom is -0.377 e. The highest BCUT2D eigenvalue weighted by Crippen LogP contribution is 2.47. The number of carbonyl (C=O) groups is 1. The van der Waals surface area contributed by atoms with Crippen molar-refractivity contribution in [3.63, 3.8) is 0 Å². The number of ether oxygens (including phenoxy) is 1. The average molecular weight is 451 g/mol. The SMILES string of the molecule is CCNC(=O)Nc1ccc(-c2nc3c(c(N4CCOCC4C)n2)C2CCC(C3)N2CC)cc1. The number of nitrogens with zero attached hydrogens (tertiary/aromatic N) is 4. The average Bonchev–Trinajstić information content (AvgIpc) is 3.11. The van der Waals surface area contributed by atoms with E-state index in [9.17, 15) is 4.79 Å². The third kappa shape index (κ3) is 4.17. The number of hydrogen-bond acceptors (Lipinski definition) is 6. The Morgan fingerprint density at radius 2 is 2.00 bits per heavy atom. The summed E-state index contributed by atoms with van der Waals surface area (Å²) in [5.74, 6) is 1.84. The van der Waals surface area contributed by atoms with Crippen molar-refractivity contribution in [2.24, 2.45) is 0 Å². The first kappa shape index (κ1) is 22.1. The number of likely N-dealkylation sites (N-methyl/N-ethyl adjacent to an activating group) is 1. The molecule has 1 aromatic heterocycles. The van der Waals surface area contributed by atoms with Gasteiger partial charge in [0.2, 0.25) is 0 Å². The first-order valence-electron chi connectivity index (χ1n) is 12.2. The second-order valence-electron chi connectivity index (χ2n) is 9.19. The summed E-state index contributed by atoms with van der Waals surface area (Å²) in [6, 6.07) is 8.87. The molecule has 176 valence electrons. The molecule has 0 spiro atoms. The van der Waals surface area contributed by atoms with Crippen LogP contribution in [0, 0.1) is 0 Å². The Morgan fingerprint density at radius 3 is 2.73 bits per heavy atom. The number of amides is 2. The summed E-state index contributed by atoms with van der Waals surface area (Å²) >= 11 is 0. The van der Waals surface area contributed by atoms with Gasteiger partial charge in [-0.1, -0.05) is 6.92 Å². The Balaban J connectivity index is 1.53. The van der Waals surface area contributed by atoms with Crippen molar-refractivity contribution in [2.75, 3.05) is 43.1 Å². The molecule has 2 amide bonds. The van der Waals surface area contributed by atoms with Crippen molar-refractivity contribution >= 4 is 17.5 Å². The first-order chi connectivity index (χ1) is 16.1. The van der Waals surface area contributed by atoms with E-state index in [1.54, 1.807) is 0 Å². The highest BCUT2D eigenvalue weighted by atomic mass is 16.5. The quantitative estimate of drug-likeness (QED) is 0.724. The van der Waals surface area contributed by atoms with E-state index in [1.807, 2.05) is 31.2 Å². The van der Waals surface area contributed by atoms with E-state index in [-0.39, 0.29) is 12.1 Å². The molecule has 3 aliphatic heterocycles. The zero-order chi connectivity index (χ0) is 22.9. The van der Waals surface area contributed by atoms with Gasteiger partial charge in [0.15, 0.2) is 5.82 Å². The van der Waals surface area contributed by atoms with E-state index in [0.29, 0.717) is 18.6 Å². The molecule has 3 unspecified atom stereocenters. The Labute approximate surface area is 195 Å². The van der Waals surface area contributed by atoms with Gasteiger partial charge in [-0.25, -0.2) is 14.8 Å². The Morgan fingerprint density at radius 1 is 1.18 bits per heavy atom. The number of urea groups is 1. The smallest absolute Gasteiger partial charge is 0.319 e. The molecular formula is C25H34N6O2. The lowest BCUT2D eigenvalue weighted by atomic mass is 9.96. The monoisotopic (exact) mass is 450 g/mol. The molecule has 8 heteroatoms. The second-order valence-corrected chi connectivity index (χ2v) is 9.19. The van der Waals surface area contributed by atoms with Crippen LogP contribution in [0.5, 0.6) is 0 Å². The topological polar surface area (TPSA) is 82.6 Å². The summed E-state index contributed by atoms with van der Waals surface area (Å²) in [6.07, 6.45) is 3.39. The van der Waals surface area contributed by atoms with E-state index in [0.717, 1.165) is 55.6 Å². The number of carbonyl (C=O) groups excluding carboxylic acids is 1. The summed E-state index contributed by atoms with van der Waals surface area (Å²) in [5.41, 5.74) is 4.25. The minimum atomic E-state index is -0.199. The molecule has 2 N–H and O–H groups in total. The third-order valence-electron chi connectivity index (χ3n) is 7.15. The molecule has 1 aromatic carbocycles. The lowest BCUT2D eigenvalue weighted by Gasteiger charge is -2.40. The van der Waals surface area contributed by atoms with Gasteiger partial charge in [0.05, 0.1) is 24.9 Å². The van der Waals surface area contributed by atoms with Crippen LogP contribution in [0.3, 0.4) is 0 Å². The Bertz CT molecular complexity index is 1010. The van der Waals surface area contributed by atoms with Crippen LogP contribution in [0.15, 0.2) is 24.3 Å². The van der Waals surface area contributed by atoms with Crippen LogP contribution < -0.4 is 15.5 Å². The summed E-state index contributed by atoms with van der Waals surface area (Å²) in [5, 5.41) is 5.60. The van der Waals surface area contributed by atoms with Crippen LogP contribution in [-0.4, -0.2) is 65.8 Å². The lowest BCUT2D eigenvalue weighted by Crippen LogP contribution is -2.46. The number of aromatic nitrogens is 2. The van der Waals surface area contributed by atoms with Crippen LogP contribution in [-0.2, 0) is 11.2 Å². The van der Waals surface area contributed by atoms with Gasteiger partial charge in [0.25, 0.3) is 0 Å². The molecule has 0 aliphatic carbocycles. The van der Waals surface area contributed by atoms with Gasteiger partial charge in [-0.3, -0.25) is 4.90 Å². The maximum absolute atomic E-state index is 11.8. The number of anilines is 2. The van der Waals surface area contributed by atoms with Crippen LogP contribution in [0.1, 0.15) is 50.9 Å². The summed E-state index contributed by atoms with van der Waals surface area (Å²) in [4.78, 5) is 27.2. The molecule has 5 rings (SSSR count). The molecule has 0 radical (unpaired) electrons.